The molecule has 2 aromatic heterocycles. The van der Waals surface area contributed by atoms with E-state index in [1.165, 1.54) is 0 Å². The van der Waals surface area contributed by atoms with Crippen LogP contribution < -0.4 is 10.6 Å². The number of aromatic amines is 1. The molecule has 9 heteroatoms. The minimum absolute atomic E-state index is 0. The lowest BCUT2D eigenvalue weighted by molar-refractivity contribution is 0.345. The van der Waals surface area contributed by atoms with Crippen LogP contribution >= 0.6 is 36.4 Å². The van der Waals surface area contributed by atoms with Crippen LogP contribution in [0.25, 0.3) is 11.0 Å². The number of imidazole rings is 1. The summed E-state index contributed by atoms with van der Waals surface area (Å²) in [6.07, 6.45) is 3.64. The van der Waals surface area contributed by atoms with Crippen LogP contribution in [0.5, 0.6) is 0 Å². The van der Waals surface area contributed by atoms with Gasteiger partial charge in [0, 0.05) is 35.8 Å². The second-order valence-electron chi connectivity index (χ2n) is 6.43. The molecule has 0 unspecified atom stereocenters. The van der Waals surface area contributed by atoms with E-state index in [2.05, 4.69) is 30.9 Å². The van der Waals surface area contributed by atoms with E-state index < -0.39 is 0 Å². The Bertz CT molecular complexity index is 878. The lowest BCUT2D eigenvalue weighted by atomic mass is 9.78. The molecule has 4 rings (SSSR count). The second kappa shape index (κ2) is 8.39. The Morgan fingerprint density at radius 1 is 1.23 bits per heavy atom. The van der Waals surface area contributed by atoms with Crippen molar-refractivity contribution in [1.29, 1.82) is 0 Å². The maximum atomic E-state index is 6.02. The smallest absolute Gasteiger partial charge is 0.132 e. The van der Waals surface area contributed by atoms with Gasteiger partial charge in [-0.1, -0.05) is 11.6 Å². The highest BCUT2D eigenvalue weighted by atomic mass is 35.5. The van der Waals surface area contributed by atoms with Gasteiger partial charge in [-0.15, -0.1) is 24.8 Å². The zero-order valence-corrected chi connectivity index (χ0v) is 16.6. The van der Waals surface area contributed by atoms with Crippen molar-refractivity contribution in [3.8, 4) is 0 Å². The van der Waals surface area contributed by atoms with Crippen molar-refractivity contribution in [3.63, 3.8) is 0 Å². The molecule has 1 aromatic carbocycles. The molecule has 0 amide bonds. The quantitative estimate of drug-likeness (QED) is 0.679. The van der Waals surface area contributed by atoms with E-state index in [0.29, 0.717) is 23.5 Å². The number of nitrogens with one attached hydrogen (secondary N) is 1. The Balaban J connectivity index is 0.00000121. The molecule has 0 saturated heterocycles. The molecule has 140 valence electrons. The fourth-order valence-corrected chi connectivity index (χ4v) is 3.28. The lowest BCUT2D eigenvalue weighted by Crippen LogP contribution is -2.35. The van der Waals surface area contributed by atoms with Gasteiger partial charge < -0.3 is 15.6 Å². The molecule has 0 atom stereocenters. The summed E-state index contributed by atoms with van der Waals surface area (Å²) in [7, 11) is 2.00. The van der Waals surface area contributed by atoms with Crippen LogP contribution in [0.1, 0.15) is 30.3 Å². The molecule has 1 aliphatic carbocycles. The van der Waals surface area contributed by atoms with Gasteiger partial charge in [-0.3, -0.25) is 0 Å². The van der Waals surface area contributed by atoms with Gasteiger partial charge in [0.15, 0.2) is 0 Å². The summed E-state index contributed by atoms with van der Waals surface area (Å²) in [5.74, 6) is 2.23. The van der Waals surface area contributed by atoms with Crippen molar-refractivity contribution in [2.24, 2.45) is 5.73 Å². The maximum Gasteiger partial charge on any atom is 0.132 e. The largest absolute Gasteiger partial charge is 0.352 e. The zero-order valence-electron chi connectivity index (χ0n) is 14.2. The molecule has 0 radical (unpaired) electrons. The minimum atomic E-state index is 0. The van der Waals surface area contributed by atoms with Crippen LogP contribution in [0.3, 0.4) is 0 Å². The van der Waals surface area contributed by atoms with Gasteiger partial charge in [-0.05, 0) is 31.0 Å². The number of aromatic nitrogens is 4. The second-order valence-corrected chi connectivity index (χ2v) is 6.87. The number of nitrogens with zero attached hydrogens (tertiary/aromatic N) is 4. The summed E-state index contributed by atoms with van der Waals surface area (Å²) in [4.78, 5) is 18.7. The molecule has 1 aliphatic rings. The summed E-state index contributed by atoms with van der Waals surface area (Å²) in [6, 6.07) is 8.01. The van der Waals surface area contributed by atoms with Gasteiger partial charge in [0.25, 0.3) is 0 Å². The predicted molar refractivity (Wildman–Crippen MR) is 110 cm³/mol. The summed E-state index contributed by atoms with van der Waals surface area (Å²) >= 11 is 6.02. The van der Waals surface area contributed by atoms with E-state index in [1.807, 2.05) is 25.2 Å². The Morgan fingerprint density at radius 2 is 2.00 bits per heavy atom. The number of nitrogens with two attached hydrogens (primary N) is 1. The van der Waals surface area contributed by atoms with Crippen LogP contribution in [0.4, 0.5) is 5.82 Å². The first kappa shape index (κ1) is 20.7. The first-order chi connectivity index (χ1) is 11.6. The predicted octanol–water partition coefficient (Wildman–Crippen LogP) is 3.69. The monoisotopic (exact) mass is 414 g/mol. The van der Waals surface area contributed by atoms with E-state index in [4.69, 9.17) is 17.3 Å². The number of H-pyrrole nitrogens is 1. The third kappa shape index (κ3) is 4.20. The molecule has 0 bridgehead atoms. The summed E-state index contributed by atoms with van der Waals surface area (Å²) in [5, 5.41) is 0.699. The lowest BCUT2D eigenvalue weighted by Gasteiger charge is -2.32. The number of hydrogen-bond donors (Lipinski definition) is 2. The number of fused-ring (bicyclic) bond motifs is 1. The van der Waals surface area contributed by atoms with Crippen molar-refractivity contribution >= 4 is 53.3 Å². The molecule has 26 heavy (non-hydrogen) atoms. The number of anilines is 1. The molecular formula is C17H21Cl3N6. The highest BCUT2D eigenvalue weighted by Gasteiger charge is 2.28. The first-order valence-electron chi connectivity index (χ1n) is 8.01. The Hall–Kier alpha value is -1.60. The van der Waals surface area contributed by atoms with E-state index in [-0.39, 0.29) is 24.8 Å². The molecule has 2 heterocycles. The van der Waals surface area contributed by atoms with Crippen molar-refractivity contribution < 1.29 is 0 Å². The third-order valence-corrected chi connectivity index (χ3v) is 4.77. The molecule has 6 nitrogen and oxygen atoms in total. The molecular weight excluding hydrogens is 395 g/mol. The van der Waals surface area contributed by atoms with Gasteiger partial charge in [0.1, 0.15) is 18.0 Å². The normalized spacial score (nSPS) is 18.6. The fourth-order valence-electron chi connectivity index (χ4n) is 3.11. The summed E-state index contributed by atoms with van der Waals surface area (Å²) < 4.78 is 0. The van der Waals surface area contributed by atoms with Crippen LogP contribution in [0.15, 0.2) is 30.6 Å². The van der Waals surface area contributed by atoms with Gasteiger partial charge in [-0.25, -0.2) is 15.0 Å². The molecule has 3 N–H and O–H groups in total. The van der Waals surface area contributed by atoms with Gasteiger partial charge in [-0.2, -0.15) is 0 Å². The third-order valence-electron chi connectivity index (χ3n) is 4.54. The average Bonchev–Trinajstić information content (AvgIpc) is 2.93. The van der Waals surface area contributed by atoms with Crippen LogP contribution in [0.2, 0.25) is 5.02 Å². The van der Waals surface area contributed by atoms with Gasteiger partial charge >= 0.3 is 0 Å². The molecule has 3 aromatic rings. The highest BCUT2D eigenvalue weighted by Crippen LogP contribution is 2.35. The summed E-state index contributed by atoms with van der Waals surface area (Å²) in [6.45, 7) is 0.632. The Morgan fingerprint density at radius 3 is 2.73 bits per heavy atom. The Labute approximate surface area is 169 Å². The SMILES string of the molecule is CN(Cc1nc2ccc(Cl)cc2[nH]1)c1cc(C2CC(N)C2)ncn1.Cl.Cl. The molecule has 1 fully saturated rings. The van der Waals surface area contributed by atoms with Crippen molar-refractivity contribution in [2.45, 2.75) is 31.3 Å². The molecule has 1 saturated carbocycles. The van der Waals surface area contributed by atoms with Crippen LogP contribution in [-0.2, 0) is 6.54 Å². The summed E-state index contributed by atoms with van der Waals surface area (Å²) in [5.41, 5.74) is 8.81. The average molecular weight is 416 g/mol. The van der Waals surface area contributed by atoms with Crippen molar-refractivity contribution in [3.05, 3.63) is 47.1 Å². The van der Waals surface area contributed by atoms with E-state index in [0.717, 1.165) is 41.2 Å². The van der Waals surface area contributed by atoms with Gasteiger partial charge in [0.2, 0.25) is 0 Å². The Kier molecular flexibility index (Phi) is 6.69. The maximum absolute atomic E-state index is 6.02. The number of rotatable bonds is 4. The minimum Gasteiger partial charge on any atom is -0.352 e. The topological polar surface area (TPSA) is 83.7 Å². The van der Waals surface area contributed by atoms with Crippen LogP contribution in [-0.4, -0.2) is 33.0 Å². The van der Waals surface area contributed by atoms with Crippen molar-refractivity contribution in [1.82, 2.24) is 19.9 Å². The zero-order chi connectivity index (χ0) is 16.7. The highest BCUT2D eigenvalue weighted by molar-refractivity contribution is 6.31. The molecule has 0 spiro atoms. The van der Waals surface area contributed by atoms with Crippen LogP contribution in [0, 0.1) is 0 Å². The number of benzene rings is 1. The number of hydrogen-bond acceptors (Lipinski definition) is 5. The molecule has 0 aliphatic heterocycles. The van der Waals surface area contributed by atoms with E-state index >= 15 is 0 Å². The first-order valence-corrected chi connectivity index (χ1v) is 8.39. The van der Waals surface area contributed by atoms with E-state index in [1.54, 1.807) is 6.33 Å². The van der Waals surface area contributed by atoms with E-state index in [9.17, 15) is 0 Å². The van der Waals surface area contributed by atoms with Crippen molar-refractivity contribution in [2.75, 3.05) is 11.9 Å². The standard InChI is InChI=1S/C17H19ClN6.2ClH/c1-24(8-16-22-13-3-2-11(18)6-15(13)23-16)17-7-14(20-9-21-17)10-4-12(19)5-10;;/h2-3,6-7,9-10,12H,4-5,8,19H2,1H3,(H,22,23);2*1H. The fraction of sp³-hybridized carbons (Fsp3) is 0.353. The van der Waals surface area contributed by atoms with Gasteiger partial charge in [0.05, 0.1) is 17.6 Å². The number of halogens is 3.